The number of anilines is 1. The van der Waals surface area contributed by atoms with E-state index >= 15 is 0 Å². The van der Waals surface area contributed by atoms with Gasteiger partial charge in [-0.05, 0) is 25.8 Å². The molecule has 0 spiro atoms. The number of hydrogen-bond acceptors (Lipinski definition) is 4. The molecule has 0 saturated carbocycles. The predicted octanol–water partition coefficient (Wildman–Crippen LogP) is 0.713. The minimum Gasteiger partial charge on any atom is -0.356 e. The van der Waals surface area contributed by atoms with E-state index in [2.05, 4.69) is 14.9 Å². The Bertz CT molecular complexity index is 305. The highest BCUT2D eigenvalue weighted by atomic mass is 15.2. The molecule has 1 saturated heterocycles. The zero-order valence-corrected chi connectivity index (χ0v) is 8.48. The van der Waals surface area contributed by atoms with Crippen LogP contribution in [0.15, 0.2) is 12.3 Å². The van der Waals surface area contributed by atoms with Crippen molar-refractivity contribution in [3.8, 4) is 0 Å². The second-order valence-corrected chi connectivity index (χ2v) is 3.79. The van der Waals surface area contributed by atoms with Gasteiger partial charge in [0.15, 0.2) is 0 Å². The number of piperidine rings is 1. The van der Waals surface area contributed by atoms with Gasteiger partial charge >= 0.3 is 0 Å². The highest BCUT2D eigenvalue weighted by Crippen LogP contribution is 2.16. The van der Waals surface area contributed by atoms with E-state index in [1.165, 1.54) is 0 Å². The van der Waals surface area contributed by atoms with Gasteiger partial charge in [-0.1, -0.05) is 0 Å². The smallest absolute Gasteiger partial charge is 0.132 e. The van der Waals surface area contributed by atoms with Crippen LogP contribution in [0.5, 0.6) is 0 Å². The summed E-state index contributed by atoms with van der Waals surface area (Å²) < 4.78 is 0. The molecular weight excluding hydrogens is 176 g/mol. The Balaban J connectivity index is 2.08. The van der Waals surface area contributed by atoms with Gasteiger partial charge in [-0.3, -0.25) is 0 Å². The van der Waals surface area contributed by atoms with Crippen molar-refractivity contribution in [2.45, 2.75) is 25.8 Å². The Morgan fingerprint density at radius 2 is 2.14 bits per heavy atom. The lowest BCUT2D eigenvalue weighted by atomic mass is 10.1. The van der Waals surface area contributed by atoms with Crippen molar-refractivity contribution in [1.82, 2.24) is 9.97 Å². The topological polar surface area (TPSA) is 55.0 Å². The molecule has 76 valence electrons. The van der Waals surface area contributed by atoms with E-state index in [1.807, 2.05) is 19.2 Å². The molecule has 2 heterocycles. The van der Waals surface area contributed by atoms with Gasteiger partial charge in [-0.25, -0.2) is 9.97 Å². The lowest BCUT2D eigenvalue weighted by Gasteiger charge is -2.30. The molecule has 0 unspecified atom stereocenters. The van der Waals surface area contributed by atoms with Gasteiger partial charge in [0.2, 0.25) is 0 Å². The van der Waals surface area contributed by atoms with Crippen molar-refractivity contribution in [1.29, 1.82) is 0 Å². The summed E-state index contributed by atoms with van der Waals surface area (Å²) in [6.45, 7) is 3.94. The van der Waals surface area contributed by atoms with Crippen LogP contribution >= 0.6 is 0 Å². The normalized spacial score (nSPS) is 18.6. The molecule has 14 heavy (non-hydrogen) atoms. The largest absolute Gasteiger partial charge is 0.356 e. The van der Waals surface area contributed by atoms with Crippen LogP contribution in [0, 0.1) is 6.92 Å². The second kappa shape index (κ2) is 3.92. The molecule has 2 N–H and O–H groups in total. The summed E-state index contributed by atoms with van der Waals surface area (Å²) in [6.07, 6.45) is 3.93. The van der Waals surface area contributed by atoms with E-state index in [-0.39, 0.29) is 0 Å². The number of nitrogens with zero attached hydrogens (tertiary/aromatic N) is 3. The van der Waals surface area contributed by atoms with Crippen LogP contribution in [0.1, 0.15) is 18.7 Å². The van der Waals surface area contributed by atoms with Crippen LogP contribution in [0.4, 0.5) is 5.82 Å². The third-order valence-electron chi connectivity index (χ3n) is 2.62. The van der Waals surface area contributed by atoms with Gasteiger partial charge < -0.3 is 10.6 Å². The fourth-order valence-corrected chi connectivity index (χ4v) is 1.75. The Morgan fingerprint density at radius 1 is 1.43 bits per heavy atom. The Kier molecular flexibility index (Phi) is 2.63. The van der Waals surface area contributed by atoms with Crippen molar-refractivity contribution in [3.05, 3.63) is 18.1 Å². The summed E-state index contributed by atoms with van der Waals surface area (Å²) in [5.74, 6) is 1.86. The number of nitrogens with two attached hydrogens (primary N) is 1. The summed E-state index contributed by atoms with van der Waals surface area (Å²) in [5.41, 5.74) is 5.85. The molecule has 1 aliphatic rings. The average Bonchev–Trinajstić information content (AvgIpc) is 2.19. The van der Waals surface area contributed by atoms with Crippen LogP contribution in [0.3, 0.4) is 0 Å². The molecule has 4 heteroatoms. The fraction of sp³-hybridized carbons (Fsp3) is 0.600. The standard InChI is InChI=1S/C10H16N4/c1-8-12-5-2-10(13-8)14-6-3-9(11)4-7-14/h2,5,9H,3-4,6-7,11H2,1H3. The fourth-order valence-electron chi connectivity index (χ4n) is 1.75. The SMILES string of the molecule is Cc1nccc(N2CCC(N)CC2)n1. The van der Waals surface area contributed by atoms with Crippen LogP contribution in [-0.2, 0) is 0 Å². The predicted molar refractivity (Wildman–Crippen MR) is 56.2 cm³/mol. The molecule has 1 fully saturated rings. The Hall–Kier alpha value is -1.16. The first-order valence-electron chi connectivity index (χ1n) is 5.06. The van der Waals surface area contributed by atoms with Crippen molar-refractivity contribution in [2.24, 2.45) is 5.73 Å². The second-order valence-electron chi connectivity index (χ2n) is 3.79. The van der Waals surface area contributed by atoms with Crippen LogP contribution < -0.4 is 10.6 Å². The van der Waals surface area contributed by atoms with Crippen LogP contribution in [0.25, 0.3) is 0 Å². The maximum atomic E-state index is 5.85. The Morgan fingerprint density at radius 3 is 2.79 bits per heavy atom. The van der Waals surface area contributed by atoms with Crippen molar-refractivity contribution >= 4 is 5.82 Å². The van der Waals surface area contributed by atoms with E-state index in [4.69, 9.17) is 5.73 Å². The third-order valence-corrected chi connectivity index (χ3v) is 2.62. The van der Waals surface area contributed by atoms with Gasteiger partial charge in [0.25, 0.3) is 0 Å². The lowest BCUT2D eigenvalue weighted by molar-refractivity contribution is 0.498. The molecule has 0 atom stereocenters. The molecule has 4 nitrogen and oxygen atoms in total. The van der Waals surface area contributed by atoms with Gasteiger partial charge in [-0.2, -0.15) is 0 Å². The highest BCUT2D eigenvalue weighted by molar-refractivity contribution is 5.37. The van der Waals surface area contributed by atoms with E-state index in [1.54, 1.807) is 0 Å². The van der Waals surface area contributed by atoms with Crippen LogP contribution in [0.2, 0.25) is 0 Å². The number of rotatable bonds is 1. The van der Waals surface area contributed by atoms with Gasteiger partial charge in [0.05, 0.1) is 0 Å². The molecule has 0 radical (unpaired) electrons. The molecule has 0 aliphatic carbocycles. The maximum Gasteiger partial charge on any atom is 0.132 e. The zero-order valence-electron chi connectivity index (χ0n) is 8.48. The van der Waals surface area contributed by atoms with Crippen LogP contribution in [-0.4, -0.2) is 29.1 Å². The summed E-state index contributed by atoms with van der Waals surface area (Å²) in [6, 6.07) is 2.33. The minimum atomic E-state index is 0.370. The third kappa shape index (κ3) is 2.01. The highest BCUT2D eigenvalue weighted by Gasteiger charge is 2.16. The summed E-state index contributed by atoms with van der Waals surface area (Å²) in [5, 5.41) is 0. The monoisotopic (exact) mass is 192 g/mol. The van der Waals surface area contributed by atoms with E-state index in [9.17, 15) is 0 Å². The summed E-state index contributed by atoms with van der Waals surface area (Å²) >= 11 is 0. The summed E-state index contributed by atoms with van der Waals surface area (Å²) in [7, 11) is 0. The van der Waals surface area contributed by atoms with E-state index in [0.717, 1.165) is 37.6 Å². The minimum absolute atomic E-state index is 0.370. The average molecular weight is 192 g/mol. The van der Waals surface area contributed by atoms with E-state index < -0.39 is 0 Å². The number of aromatic nitrogens is 2. The first kappa shape index (κ1) is 9.40. The maximum absolute atomic E-state index is 5.85. The molecular formula is C10H16N4. The zero-order chi connectivity index (χ0) is 9.97. The number of aryl methyl sites for hydroxylation is 1. The molecule has 0 bridgehead atoms. The van der Waals surface area contributed by atoms with Crippen molar-refractivity contribution < 1.29 is 0 Å². The molecule has 0 amide bonds. The molecule has 2 rings (SSSR count). The van der Waals surface area contributed by atoms with Crippen molar-refractivity contribution in [3.63, 3.8) is 0 Å². The first-order chi connectivity index (χ1) is 6.75. The van der Waals surface area contributed by atoms with Crippen molar-refractivity contribution in [2.75, 3.05) is 18.0 Å². The first-order valence-corrected chi connectivity index (χ1v) is 5.06. The van der Waals surface area contributed by atoms with Gasteiger partial charge in [-0.15, -0.1) is 0 Å². The molecule has 1 aromatic heterocycles. The Labute approximate surface area is 84.2 Å². The van der Waals surface area contributed by atoms with E-state index in [0.29, 0.717) is 6.04 Å². The quantitative estimate of drug-likeness (QED) is 0.712. The summed E-state index contributed by atoms with van der Waals surface area (Å²) in [4.78, 5) is 10.8. The molecule has 0 aromatic carbocycles. The lowest BCUT2D eigenvalue weighted by Crippen LogP contribution is -2.40. The van der Waals surface area contributed by atoms with Gasteiger partial charge in [0, 0.05) is 25.3 Å². The molecule has 1 aromatic rings. The molecule has 1 aliphatic heterocycles. The number of hydrogen-bond donors (Lipinski definition) is 1. The van der Waals surface area contributed by atoms with Gasteiger partial charge in [0.1, 0.15) is 11.6 Å².